The Morgan fingerprint density at radius 1 is 1.29 bits per heavy atom. The van der Waals surface area contributed by atoms with Gasteiger partial charge in [-0.05, 0) is 51.4 Å². The van der Waals surface area contributed by atoms with Crippen LogP contribution in [0.15, 0.2) is 49.1 Å². The summed E-state index contributed by atoms with van der Waals surface area (Å²) in [6, 6.07) is 9.42. The summed E-state index contributed by atoms with van der Waals surface area (Å²) in [6.45, 7) is 3.72. The molecule has 0 saturated heterocycles. The molecule has 1 amide bonds. The molecule has 6 heteroatoms. The van der Waals surface area contributed by atoms with Crippen LogP contribution in [0.25, 0.3) is 11.0 Å². The molecule has 126 valence electrons. The Morgan fingerprint density at radius 3 is 2.75 bits per heavy atom. The van der Waals surface area contributed by atoms with Crippen LogP contribution in [0, 0.1) is 0 Å². The maximum Gasteiger partial charge on any atom is 0.247 e. The fourth-order valence-electron chi connectivity index (χ4n) is 2.62. The molecule has 0 aliphatic rings. The average molecular weight is 325 g/mol. The van der Waals surface area contributed by atoms with Gasteiger partial charge in [-0.1, -0.05) is 0 Å². The summed E-state index contributed by atoms with van der Waals surface area (Å²) in [4.78, 5) is 19.0. The number of imidazole rings is 1. The molecule has 24 heavy (non-hydrogen) atoms. The normalized spacial score (nSPS) is 12.7. The number of fused-ring (bicyclic) bond motifs is 1. The van der Waals surface area contributed by atoms with Gasteiger partial charge in [-0.3, -0.25) is 4.79 Å². The quantitative estimate of drug-likeness (QED) is 0.758. The molecule has 0 radical (unpaired) electrons. The van der Waals surface area contributed by atoms with Gasteiger partial charge in [0.1, 0.15) is 6.04 Å². The molecule has 2 heterocycles. The van der Waals surface area contributed by atoms with E-state index in [0.29, 0.717) is 0 Å². The van der Waals surface area contributed by atoms with Crippen molar-refractivity contribution in [3.05, 3.63) is 49.1 Å². The Balaban J connectivity index is 1.73. The first-order chi connectivity index (χ1) is 11.5. The van der Waals surface area contributed by atoms with E-state index in [9.17, 15) is 4.79 Å². The van der Waals surface area contributed by atoms with Crippen LogP contribution < -0.4 is 5.32 Å². The number of carbonyl (C=O) groups is 1. The molecular formula is C18H23N5O. The standard InChI is InChI=1S/C18H23N5O/c1-14(22-8-4-5-9-22)18(24)20-15-6-7-17-16(12-15)19-13-23(17)11-10-21(2)3/h4-9,12-14H,10-11H2,1-3H3,(H,20,24)/t14-/m0/s1. The Hall–Kier alpha value is -2.60. The van der Waals surface area contributed by atoms with Gasteiger partial charge in [0.2, 0.25) is 5.91 Å². The first-order valence-corrected chi connectivity index (χ1v) is 8.07. The molecule has 0 saturated carbocycles. The van der Waals surface area contributed by atoms with E-state index in [1.54, 1.807) is 0 Å². The van der Waals surface area contributed by atoms with Crippen LogP contribution in [0.5, 0.6) is 0 Å². The molecule has 6 nitrogen and oxygen atoms in total. The van der Waals surface area contributed by atoms with E-state index >= 15 is 0 Å². The van der Waals surface area contributed by atoms with Crippen molar-refractivity contribution in [3.63, 3.8) is 0 Å². The third-order valence-corrected chi connectivity index (χ3v) is 4.13. The van der Waals surface area contributed by atoms with Crippen LogP contribution >= 0.6 is 0 Å². The predicted octanol–water partition coefficient (Wildman–Crippen LogP) is 2.60. The molecule has 0 fully saturated rings. The number of aromatic nitrogens is 3. The number of amides is 1. The lowest BCUT2D eigenvalue weighted by atomic mass is 10.2. The van der Waals surface area contributed by atoms with Crippen LogP contribution in [0.3, 0.4) is 0 Å². The number of rotatable bonds is 6. The molecule has 0 aliphatic carbocycles. The Kier molecular flexibility index (Phi) is 4.66. The smallest absolute Gasteiger partial charge is 0.247 e. The van der Waals surface area contributed by atoms with Crippen molar-refractivity contribution in [2.24, 2.45) is 0 Å². The van der Waals surface area contributed by atoms with Crippen LogP contribution in [0.4, 0.5) is 5.69 Å². The minimum Gasteiger partial charge on any atom is -0.342 e. The summed E-state index contributed by atoms with van der Waals surface area (Å²) in [5.74, 6) is -0.0439. The highest BCUT2D eigenvalue weighted by molar-refractivity contribution is 5.95. The lowest BCUT2D eigenvalue weighted by molar-refractivity contribution is -0.118. The first kappa shape index (κ1) is 16.3. The summed E-state index contributed by atoms with van der Waals surface area (Å²) in [6.07, 6.45) is 5.63. The second kappa shape index (κ2) is 6.88. The van der Waals surface area contributed by atoms with Crippen LogP contribution in [-0.4, -0.2) is 45.6 Å². The molecule has 1 N–H and O–H groups in total. The van der Waals surface area contributed by atoms with Crippen molar-refractivity contribution in [1.82, 2.24) is 19.0 Å². The summed E-state index contributed by atoms with van der Waals surface area (Å²) in [5.41, 5.74) is 2.73. The monoisotopic (exact) mass is 325 g/mol. The maximum atomic E-state index is 12.4. The number of carbonyl (C=O) groups excluding carboxylic acids is 1. The molecule has 0 spiro atoms. The highest BCUT2D eigenvalue weighted by Gasteiger charge is 2.14. The summed E-state index contributed by atoms with van der Waals surface area (Å²) < 4.78 is 4.01. The van der Waals surface area contributed by atoms with Crippen molar-refractivity contribution in [2.75, 3.05) is 26.0 Å². The van der Waals surface area contributed by atoms with E-state index in [-0.39, 0.29) is 11.9 Å². The van der Waals surface area contributed by atoms with Gasteiger partial charge in [0.15, 0.2) is 0 Å². The van der Waals surface area contributed by atoms with Crippen LogP contribution in [-0.2, 0) is 11.3 Å². The van der Waals surface area contributed by atoms with E-state index in [0.717, 1.165) is 29.8 Å². The Morgan fingerprint density at radius 2 is 2.04 bits per heavy atom. The lowest BCUT2D eigenvalue weighted by Gasteiger charge is -2.14. The van der Waals surface area contributed by atoms with Crippen LogP contribution in [0.1, 0.15) is 13.0 Å². The van der Waals surface area contributed by atoms with Crippen LogP contribution in [0.2, 0.25) is 0 Å². The van der Waals surface area contributed by atoms with Gasteiger partial charge in [0.05, 0.1) is 17.4 Å². The van der Waals surface area contributed by atoms with Crippen molar-refractivity contribution in [3.8, 4) is 0 Å². The first-order valence-electron chi connectivity index (χ1n) is 8.07. The zero-order chi connectivity index (χ0) is 17.1. The summed E-state index contributed by atoms with van der Waals surface area (Å²) in [5, 5.41) is 2.96. The highest BCUT2D eigenvalue weighted by Crippen LogP contribution is 2.19. The zero-order valence-corrected chi connectivity index (χ0v) is 14.3. The number of hydrogen-bond donors (Lipinski definition) is 1. The highest BCUT2D eigenvalue weighted by atomic mass is 16.2. The van der Waals surface area contributed by atoms with Crippen molar-refractivity contribution >= 4 is 22.6 Å². The van der Waals surface area contributed by atoms with E-state index in [4.69, 9.17) is 0 Å². The average Bonchev–Trinajstić information content (AvgIpc) is 3.21. The minimum atomic E-state index is -0.256. The fourth-order valence-corrected chi connectivity index (χ4v) is 2.62. The molecule has 1 atom stereocenters. The molecular weight excluding hydrogens is 302 g/mol. The molecule has 0 aliphatic heterocycles. The van der Waals surface area contributed by atoms with E-state index in [1.165, 1.54) is 0 Å². The number of likely N-dealkylation sites (N-methyl/N-ethyl adjacent to an activating group) is 1. The zero-order valence-electron chi connectivity index (χ0n) is 14.3. The minimum absolute atomic E-state index is 0.0439. The van der Waals surface area contributed by atoms with Gasteiger partial charge in [-0.2, -0.15) is 0 Å². The van der Waals surface area contributed by atoms with Gasteiger partial charge in [-0.25, -0.2) is 4.98 Å². The van der Waals surface area contributed by atoms with Gasteiger partial charge in [0, 0.05) is 31.2 Å². The molecule has 0 unspecified atom stereocenters. The van der Waals surface area contributed by atoms with Crippen molar-refractivity contribution in [2.45, 2.75) is 19.5 Å². The Labute approximate surface area is 141 Å². The van der Waals surface area contributed by atoms with E-state index < -0.39 is 0 Å². The third-order valence-electron chi connectivity index (χ3n) is 4.13. The fraction of sp³-hybridized carbons (Fsp3) is 0.333. The van der Waals surface area contributed by atoms with Gasteiger partial charge >= 0.3 is 0 Å². The molecule has 3 aromatic rings. The number of hydrogen-bond acceptors (Lipinski definition) is 3. The number of benzene rings is 1. The predicted molar refractivity (Wildman–Crippen MR) is 96.1 cm³/mol. The summed E-state index contributed by atoms with van der Waals surface area (Å²) >= 11 is 0. The summed E-state index contributed by atoms with van der Waals surface area (Å²) in [7, 11) is 4.11. The largest absolute Gasteiger partial charge is 0.342 e. The van der Waals surface area contributed by atoms with E-state index in [1.807, 2.05) is 60.5 Å². The molecule has 1 aromatic carbocycles. The van der Waals surface area contributed by atoms with Crippen molar-refractivity contribution < 1.29 is 4.79 Å². The van der Waals surface area contributed by atoms with E-state index in [2.05, 4.69) is 33.9 Å². The number of nitrogens with one attached hydrogen (secondary N) is 1. The SMILES string of the molecule is C[C@@H](C(=O)Nc1ccc2c(c1)ncn2CCN(C)C)n1cccc1. The Bertz CT molecular complexity index is 819. The molecule has 2 aromatic heterocycles. The van der Waals surface area contributed by atoms with Crippen molar-refractivity contribution in [1.29, 1.82) is 0 Å². The van der Waals surface area contributed by atoms with Gasteiger partial charge < -0.3 is 19.4 Å². The van der Waals surface area contributed by atoms with Gasteiger partial charge in [0.25, 0.3) is 0 Å². The number of anilines is 1. The molecule has 3 rings (SSSR count). The second-order valence-corrected chi connectivity index (χ2v) is 6.24. The maximum absolute atomic E-state index is 12.4. The topological polar surface area (TPSA) is 55.1 Å². The molecule has 0 bridgehead atoms. The third kappa shape index (κ3) is 3.49. The van der Waals surface area contributed by atoms with Gasteiger partial charge in [-0.15, -0.1) is 0 Å². The second-order valence-electron chi connectivity index (χ2n) is 6.24. The lowest BCUT2D eigenvalue weighted by Crippen LogP contribution is -2.22. The number of nitrogens with zero attached hydrogens (tertiary/aromatic N) is 4.